The predicted molar refractivity (Wildman–Crippen MR) is 91.2 cm³/mol. The fourth-order valence-corrected chi connectivity index (χ4v) is 2.82. The molecule has 0 spiro atoms. The third kappa shape index (κ3) is 5.34. The van der Waals surface area contributed by atoms with Gasteiger partial charge in [-0.3, -0.25) is 9.10 Å². The quantitative estimate of drug-likeness (QED) is 0.840. The maximum Gasteiger partial charge on any atom is 0.241 e. The zero-order chi connectivity index (χ0) is 17.1. The van der Waals surface area contributed by atoms with E-state index in [1.165, 1.54) is 18.2 Å². The summed E-state index contributed by atoms with van der Waals surface area (Å²) < 4.78 is 24.9. The van der Waals surface area contributed by atoms with E-state index in [9.17, 15) is 13.2 Å². The Morgan fingerprint density at radius 3 is 2.32 bits per heavy atom. The van der Waals surface area contributed by atoms with Gasteiger partial charge in [0.2, 0.25) is 15.9 Å². The minimum Gasteiger partial charge on any atom is -0.350 e. The Kier molecular flexibility index (Phi) is 6.12. The molecular weight excluding hydrogens is 347 g/mol. The first-order valence-electron chi connectivity index (χ1n) is 6.70. The summed E-state index contributed by atoms with van der Waals surface area (Å²) in [6.45, 7) is 5.36. The van der Waals surface area contributed by atoms with Crippen molar-refractivity contribution in [3.05, 3.63) is 28.2 Å². The third-order valence-corrected chi connectivity index (χ3v) is 5.12. The molecule has 0 aromatic heterocycles. The van der Waals surface area contributed by atoms with Gasteiger partial charge in [0.15, 0.2) is 0 Å². The molecule has 0 unspecified atom stereocenters. The monoisotopic (exact) mass is 366 g/mol. The average molecular weight is 367 g/mol. The van der Waals surface area contributed by atoms with Crippen LogP contribution in [0.3, 0.4) is 0 Å². The fourth-order valence-electron chi connectivity index (χ4n) is 1.68. The number of carbonyl (C=O) groups excluding carboxylic acids is 1. The van der Waals surface area contributed by atoms with Crippen molar-refractivity contribution in [2.45, 2.75) is 32.7 Å². The van der Waals surface area contributed by atoms with Gasteiger partial charge in [-0.1, -0.05) is 30.1 Å². The molecule has 0 fully saturated rings. The van der Waals surface area contributed by atoms with E-state index in [-0.39, 0.29) is 17.5 Å². The second-order valence-corrected chi connectivity index (χ2v) is 8.37. The Morgan fingerprint density at radius 1 is 1.27 bits per heavy atom. The van der Waals surface area contributed by atoms with Gasteiger partial charge in [-0.15, -0.1) is 0 Å². The summed E-state index contributed by atoms with van der Waals surface area (Å²) in [5, 5.41) is 3.34. The van der Waals surface area contributed by atoms with Crippen LogP contribution in [0.5, 0.6) is 0 Å². The topological polar surface area (TPSA) is 66.5 Å². The van der Waals surface area contributed by atoms with E-state index in [1.54, 1.807) is 0 Å². The second-order valence-electron chi connectivity index (χ2n) is 5.65. The second kappa shape index (κ2) is 7.06. The average Bonchev–Trinajstić information content (AvgIpc) is 2.37. The molecule has 1 amide bonds. The van der Waals surface area contributed by atoms with Crippen molar-refractivity contribution in [3.63, 3.8) is 0 Å². The summed E-state index contributed by atoms with van der Waals surface area (Å²) in [7, 11) is -3.63. The molecule has 1 aromatic carbocycles. The summed E-state index contributed by atoms with van der Waals surface area (Å²) in [6, 6.07) is 4.42. The third-order valence-electron chi connectivity index (χ3n) is 3.24. The van der Waals surface area contributed by atoms with Crippen LogP contribution in [-0.4, -0.2) is 32.7 Å². The van der Waals surface area contributed by atoms with Gasteiger partial charge in [0.05, 0.1) is 22.0 Å². The molecule has 1 rings (SSSR count). The Hall–Kier alpha value is -0.980. The minimum absolute atomic E-state index is 0.224. The number of rotatable bonds is 6. The van der Waals surface area contributed by atoms with Crippen molar-refractivity contribution in [1.82, 2.24) is 5.32 Å². The Labute approximate surface area is 141 Å². The van der Waals surface area contributed by atoms with Gasteiger partial charge in [0.25, 0.3) is 0 Å². The molecular formula is C14H20Cl2N2O3S. The number of hydrogen-bond donors (Lipinski definition) is 1. The molecule has 0 aliphatic rings. The van der Waals surface area contributed by atoms with E-state index in [4.69, 9.17) is 23.2 Å². The van der Waals surface area contributed by atoms with Gasteiger partial charge < -0.3 is 5.32 Å². The van der Waals surface area contributed by atoms with Crippen LogP contribution in [0.4, 0.5) is 5.69 Å². The minimum atomic E-state index is -3.63. The van der Waals surface area contributed by atoms with Gasteiger partial charge in [-0.2, -0.15) is 0 Å². The highest BCUT2D eigenvalue weighted by Crippen LogP contribution is 2.28. The molecule has 0 radical (unpaired) electrons. The van der Waals surface area contributed by atoms with E-state index in [1.807, 2.05) is 20.8 Å². The number of nitrogens with one attached hydrogen (secondary N) is 1. The molecule has 8 heteroatoms. The van der Waals surface area contributed by atoms with E-state index in [2.05, 4.69) is 5.32 Å². The van der Waals surface area contributed by atoms with E-state index >= 15 is 0 Å². The molecule has 0 bridgehead atoms. The standard InChI is InChI=1S/C14H20Cl2N2O3S/c1-5-14(2,3)17-13(19)9-18(22(4,20)21)10-6-7-11(15)12(16)8-10/h6-8H,5,9H2,1-4H3,(H,17,19). The predicted octanol–water partition coefficient (Wildman–Crippen LogP) is 3.06. The molecule has 22 heavy (non-hydrogen) atoms. The first kappa shape index (κ1) is 19.1. The number of nitrogens with zero attached hydrogens (tertiary/aromatic N) is 1. The van der Waals surface area contributed by atoms with E-state index in [0.717, 1.165) is 17.0 Å². The lowest BCUT2D eigenvalue weighted by Gasteiger charge is -2.27. The lowest BCUT2D eigenvalue weighted by Crippen LogP contribution is -2.48. The molecule has 0 saturated carbocycles. The van der Waals surface area contributed by atoms with Crippen molar-refractivity contribution in [2.24, 2.45) is 0 Å². The van der Waals surface area contributed by atoms with Crippen LogP contribution in [0.15, 0.2) is 18.2 Å². The number of benzene rings is 1. The Morgan fingerprint density at radius 2 is 1.86 bits per heavy atom. The molecule has 0 aliphatic carbocycles. The van der Waals surface area contributed by atoms with Crippen LogP contribution in [0.1, 0.15) is 27.2 Å². The summed E-state index contributed by atoms with van der Waals surface area (Å²) in [4.78, 5) is 12.1. The number of amides is 1. The van der Waals surface area contributed by atoms with Gasteiger partial charge in [0, 0.05) is 5.54 Å². The van der Waals surface area contributed by atoms with E-state index in [0.29, 0.717) is 10.7 Å². The molecule has 1 aromatic rings. The van der Waals surface area contributed by atoms with Crippen LogP contribution in [0.2, 0.25) is 10.0 Å². The van der Waals surface area contributed by atoms with Gasteiger partial charge in [-0.05, 0) is 38.5 Å². The Balaban J connectivity index is 3.05. The Bertz CT molecular complexity index is 660. The summed E-state index contributed by atoms with van der Waals surface area (Å²) >= 11 is 11.8. The molecule has 124 valence electrons. The first-order chi connectivity index (χ1) is 9.96. The molecule has 0 atom stereocenters. The highest BCUT2D eigenvalue weighted by Gasteiger charge is 2.24. The van der Waals surface area contributed by atoms with Crippen molar-refractivity contribution in [2.75, 3.05) is 17.1 Å². The normalized spacial score (nSPS) is 12.1. The van der Waals surface area contributed by atoms with Crippen LogP contribution in [0, 0.1) is 0 Å². The number of hydrogen-bond acceptors (Lipinski definition) is 3. The number of sulfonamides is 1. The lowest BCUT2D eigenvalue weighted by molar-refractivity contribution is -0.121. The zero-order valence-corrected chi connectivity index (χ0v) is 15.3. The molecule has 1 N–H and O–H groups in total. The van der Waals surface area contributed by atoms with Crippen molar-refractivity contribution < 1.29 is 13.2 Å². The summed E-state index contributed by atoms with van der Waals surface area (Å²) in [5.74, 6) is -0.386. The number of anilines is 1. The van der Waals surface area contributed by atoms with Crippen molar-refractivity contribution >= 4 is 44.8 Å². The smallest absolute Gasteiger partial charge is 0.241 e. The molecule has 0 heterocycles. The maximum absolute atomic E-state index is 12.1. The van der Waals surface area contributed by atoms with Crippen LogP contribution in [0.25, 0.3) is 0 Å². The molecule has 0 saturated heterocycles. The van der Waals surface area contributed by atoms with Crippen molar-refractivity contribution in [3.8, 4) is 0 Å². The SMILES string of the molecule is CCC(C)(C)NC(=O)CN(c1ccc(Cl)c(Cl)c1)S(C)(=O)=O. The van der Waals surface area contributed by atoms with Gasteiger partial charge in [0.1, 0.15) is 6.54 Å². The van der Waals surface area contributed by atoms with E-state index < -0.39 is 15.6 Å². The maximum atomic E-state index is 12.1. The van der Waals surface area contributed by atoms with Gasteiger partial charge >= 0.3 is 0 Å². The van der Waals surface area contributed by atoms with Crippen LogP contribution < -0.4 is 9.62 Å². The highest BCUT2D eigenvalue weighted by atomic mass is 35.5. The molecule has 0 aliphatic heterocycles. The van der Waals surface area contributed by atoms with Crippen LogP contribution >= 0.6 is 23.2 Å². The zero-order valence-electron chi connectivity index (χ0n) is 13.0. The highest BCUT2D eigenvalue weighted by molar-refractivity contribution is 7.92. The lowest BCUT2D eigenvalue weighted by atomic mass is 10.0. The van der Waals surface area contributed by atoms with Crippen molar-refractivity contribution in [1.29, 1.82) is 0 Å². The number of halogens is 2. The van der Waals surface area contributed by atoms with Gasteiger partial charge in [-0.25, -0.2) is 8.42 Å². The summed E-state index contributed by atoms with van der Waals surface area (Å²) in [5.41, 5.74) is -0.112. The first-order valence-corrected chi connectivity index (χ1v) is 9.30. The molecule has 5 nitrogen and oxygen atoms in total. The largest absolute Gasteiger partial charge is 0.350 e. The fraction of sp³-hybridized carbons (Fsp3) is 0.500. The number of carbonyl (C=O) groups is 1. The summed E-state index contributed by atoms with van der Waals surface area (Å²) in [6.07, 6.45) is 1.76. The van der Waals surface area contributed by atoms with Crippen LogP contribution in [-0.2, 0) is 14.8 Å².